The van der Waals surface area contributed by atoms with Gasteiger partial charge in [0.1, 0.15) is 0 Å². The Morgan fingerprint density at radius 1 is 1.35 bits per heavy atom. The molecule has 0 aliphatic heterocycles. The van der Waals surface area contributed by atoms with Crippen LogP contribution in [0, 0.1) is 0 Å². The Morgan fingerprint density at radius 2 is 2.00 bits per heavy atom. The molecule has 1 amide bonds. The molecule has 0 aliphatic carbocycles. The summed E-state index contributed by atoms with van der Waals surface area (Å²) in [5, 5.41) is 6.35. The lowest BCUT2D eigenvalue weighted by Crippen LogP contribution is -2.31. The average Bonchev–Trinajstić information content (AvgIpc) is 2.29. The third-order valence-corrected chi connectivity index (χ3v) is 2.93. The molecular formula is C12H24N4O. The highest BCUT2D eigenvalue weighted by atomic mass is 16.1. The monoisotopic (exact) mass is 240 g/mol. The molecule has 17 heavy (non-hydrogen) atoms. The van der Waals surface area contributed by atoms with Crippen molar-refractivity contribution in [3.63, 3.8) is 0 Å². The molecule has 0 rings (SSSR count). The van der Waals surface area contributed by atoms with Crippen molar-refractivity contribution in [1.82, 2.24) is 5.32 Å². The second kappa shape index (κ2) is 8.88. The number of hydrogen-bond donors (Lipinski definition) is 1. The zero-order valence-electron chi connectivity index (χ0n) is 11.2. The van der Waals surface area contributed by atoms with Crippen LogP contribution in [-0.4, -0.2) is 18.5 Å². The zero-order chi connectivity index (χ0) is 13.1. The third-order valence-electron chi connectivity index (χ3n) is 2.93. The van der Waals surface area contributed by atoms with Gasteiger partial charge in [0.2, 0.25) is 5.91 Å². The van der Waals surface area contributed by atoms with Gasteiger partial charge in [-0.05, 0) is 12.0 Å². The Labute approximate surface area is 104 Å². The van der Waals surface area contributed by atoms with Gasteiger partial charge in [-0.15, -0.1) is 0 Å². The van der Waals surface area contributed by atoms with Gasteiger partial charge in [-0.1, -0.05) is 51.1 Å². The van der Waals surface area contributed by atoms with E-state index in [1.54, 1.807) is 7.05 Å². The van der Waals surface area contributed by atoms with Gasteiger partial charge < -0.3 is 5.32 Å². The van der Waals surface area contributed by atoms with Crippen molar-refractivity contribution in [3.8, 4) is 0 Å². The first-order valence-electron chi connectivity index (χ1n) is 6.35. The fraction of sp³-hybridized carbons (Fsp3) is 0.917. The van der Waals surface area contributed by atoms with E-state index in [4.69, 9.17) is 5.53 Å². The Bertz CT molecular complexity index is 274. The van der Waals surface area contributed by atoms with Gasteiger partial charge in [0.05, 0.1) is 5.54 Å². The van der Waals surface area contributed by atoms with Crippen molar-refractivity contribution in [3.05, 3.63) is 10.4 Å². The lowest BCUT2D eigenvalue weighted by atomic mass is 9.91. The van der Waals surface area contributed by atoms with Crippen molar-refractivity contribution >= 4 is 5.91 Å². The van der Waals surface area contributed by atoms with Gasteiger partial charge in [0, 0.05) is 18.4 Å². The number of rotatable bonds is 9. The molecule has 5 heteroatoms. The van der Waals surface area contributed by atoms with Gasteiger partial charge >= 0.3 is 0 Å². The molecule has 0 aromatic heterocycles. The van der Waals surface area contributed by atoms with Crippen molar-refractivity contribution in [2.45, 2.75) is 64.3 Å². The molecule has 0 spiro atoms. The molecule has 0 fully saturated rings. The highest BCUT2D eigenvalue weighted by Gasteiger charge is 2.25. The van der Waals surface area contributed by atoms with Gasteiger partial charge in [0.25, 0.3) is 0 Å². The third kappa shape index (κ3) is 7.64. The highest BCUT2D eigenvalue weighted by Crippen LogP contribution is 2.24. The standard InChI is InChI=1S/C12H24N4O/c1-4-5-6-7-8-9-12(2,15-16-13)10-11(17)14-3/h4-10H2,1-3H3,(H,14,17). The SMILES string of the molecule is CCCCCCCC(C)(CC(=O)NC)N=[N+]=[N-]. The number of nitrogens with zero attached hydrogens (tertiary/aromatic N) is 3. The molecule has 0 bridgehead atoms. The molecule has 0 aromatic carbocycles. The number of unbranched alkanes of at least 4 members (excludes halogenated alkanes) is 4. The minimum absolute atomic E-state index is 0.0755. The summed E-state index contributed by atoms with van der Waals surface area (Å²) in [6.45, 7) is 4.03. The van der Waals surface area contributed by atoms with Gasteiger partial charge in [0.15, 0.2) is 0 Å². The highest BCUT2D eigenvalue weighted by molar-refractivity contribution is 5.76. The number of carbonyl (C=O) groups excluding carboxylic acids is 1. The molecule has 0 saturated carbocycles. The van der Waals surface area contributed by atoms with Crippen LogP contribution < -0.4 is 5.32 Å². The second-order valence-corrected chi connectivity index (χ2v) is 4.70. The lowest BCUT2D eigenvalue weighted by molar-refractivity contribution is -0.121. The number of amides is 1. The molecular weight excluding hydrogens is 216 g/mol. The molecule has 0 aliphatic rings. The van der Waals surface area contributed by atoms with Gasteiger partial charge in [-0.25, -0.2) is 0 Å². The number of azide groups is 1. The maximum Gasteiger partial charge on any atom is 0.220 e. The van der Waals surface area contributed by atoms with Crippen molar-refractivity contribution in [1.29, 1.82) is 0 Å². The van der Waals surface area contributed by atoms with E-state index in [9.17, 15) is 4.79 Å². The summed E-state index contributed by atoms with van der Waals surface area (Å²) in [5.74, 6) is -0.0755. The van der Waals surface area contributed by atoms with Crippen LogP contribution in [0.4, 0.5) is 0 Å². The summed E-state index contributed by atoms with van der Waals surface area (Å²) in [7, 11) is 1.60. The molecule has 0 aromatic rings. The van der Waals surface area contributed by atoms with Crippen LogP contribution in [0.5, 0.6) is 0 Å². The number of hydrogen-bond acceptors (Lipinski definition) is 2. The van der Waals surface area contributed by atoms with Crippen LogP contribution in [0.3, 0.4) is 0 Å². The number of carbonyl (C=O) groups is 1. The molecule has 1 atom stereocenters. The smallest absolute Gasteiger partial charge is 0.220 e. The van der Waals surface area contributed by atoms with E-state index in [1.807, 2.05) is 6.92 Å². The summed E-state index contributed by atoms with van der Waals surface area (Å²) in [5.41, 5.74) is 7.97. The van der Waals surface area contributed by atoms with E-state index in [1.165, 1.54) is 19.3 Å². The van der Waals surface area contributed by atoms with E-state index in [0.717, 1.165) is 19.3 Å². The zero-order valence-corrected chi connectivity index (χ0v) is 11.2. The quantitative estimate of drug-likeness (QED) is 0.284. The molecule has 98 valence electrons. The lowest BCUT2D eigenvalue weighted by Gasteiger charge is -2.22. The first kappa shape index (κ1) is 15.8. The van der Waals surface area contributed by atoms with E-state index in [0.29, 0.717) is 0 Å². The van der Waals surface area contributed by atoms with Crippen LogP contribution in [0.25, 0.3) is 10.4 Å². The number of nitrogens with one attached hydrogen (secondary N) is 1. The van der Waals surface area contributed by atoms with Gasteiger partial charge in [-0.3, -0.25) is 4.79 Å². The Hall–Kier alpha value is -1.22. The predicted octanol–water partition coefficient (Wildman–Crippen LogP) is 3.55. The average molecular weight is 240 g/mol. The minimum atomic E-state index is -0.582. The van der Waals surface area contributed by atoms with Crippen molar-refractivity contribution in [2.75, 3.05) is 7.05 Å². The van der Waals surface area contributed by atoms with Crippen LogP contribution >= 0.6 is 0 Å². The van der Waals surface area contributed by atoms with E-state index >= 15 is 0 Å². The molecule has 1 N–H and O–H groups in total. The topological polar surface area (TPSA) is 77.9 Å². The normalized spacial score (nSPS) is 13.6. The Balaban J connectivity index is 4.12. The molecule has 5 nitrogen and oxygen atoms in total. The molecule has 0 heterocycles. The maximum absolute atomic E-state index is 11.3. The van der Waals surface area contributed by atoms with E-state index < -0.39 is 5.54 Å². The largest absolute Gasteiger partial charge is 0.359 e. The van der Waals surface area contributed by atoms with Gasteiger partial charge in [-0.2, -0.15) is 0 Å². The molecule has 0 saturated heterocycles. The summed E-state index contributed by atoms with van der Waals surface area (Å²) in [6.07, 6.45) is 6.85. The Kier molecular flexibility index (Phi) is 8.24. The van der Waals surface area contributed by atoms with Crippen LogP contribution in [0.2, 0.25) is 0 Å². The fourth-order valence-corrected chi connectivity index (χ4v) is 1.83. The maximum atomic E-state index is 11.3. The van der Waals surface area contributed by atoms with Crippen LogP contribution in [-0.2, 0) is 4.79 Å². The van der Waals surface area contributed by atoms with Crippen molar-refractivity contribution in [2.24, 2.45) is 5.11 Å². The molecule has 1 unspecified atom stereocenters. The summed E-state index contributed by atoms with van der Waals surface area (Å²) in [6, 6.07) is 0. The fourth-order valence-electron chi connectivity index (χ4n) is 1.83. The van der Waals surface area contributed by atoms with Crippen LogP contribution in [0.1, 0.15) is 58.8 Å². The van der Waals surface area contributed by atoms with E-state index in [-0.39, 0.29) is 12.3 Å². The second-order valence-electron chi connectivity index (χ2n) is 4.70. The summed E-state index contributed by atoms with van der Waals surface area (Å²) >= 11 is 0. The van der Waals surface area contributed by atoms with Crippen LogP contribution in [0.15, 0.2) is 5.11 Å². The van der Waals surface area contributed by atoms with Crippen molar-refractivity contribution < 1.29 is 4.79 Å². The first-order valence-corrected chi connectivity index (χ1v) is 6.35. The molecule has 0 radical (unpaired) electrons. The summed E-state index contributed by atoms with van der Waals surface area (Å²) in [4.78, 5) is 14.2. The minimum Gasteiger partial charge on any atom is -0.359 e. The predicted molar refractivity (Wildman–Crippen MR) is 69.6 cm³/mol. The summed E-state index contributed by atoms with van der Waals surface area (Å²) < 4.78 is 0. The Morgan fingerprint density at radius 3 is 2.53 bits per heavy atom. The van der Waals surface area contributed by atoms with E-state index in [2.05, 4.69) is 22.3 Å². The first-order chi connectivity index (χ1) is 8.08.